The van der Waals surface area contributed by atoms with E-state index >= 15 is 0 Å². The third kappa shape index (κ3) is 5.88. The van der Waals surface area contributed by atoms with Gasteiger partial charge in [0.1, 0.15) is 5.75 Å². The number of amides is 2. The molecule has 0 fully saturated rings. The van der Waals surface area contributed by atoms with Crippen molar-refractivity contribution in [3.05, 3.63) is 65.5 Å². The van der Waals surface area contributed by atoms with Gasteiger partial charge in [0.05, 0.1) is 18.9 Å². The van der Waals surface area contributed by atoms with Crippen LogP contribution in [0.3, 0.4) is 0 Å². The van der Waals surface area contributed by atoms with Crippen molar-refractivity contribution < 1.29 is 14.3 Å². The number of rotatable bonds is 9. The highest BCUT2D eigenvalue weighted by Crippen LogP contribution is 2.22. The molecule has 3 rings (SSSR count). The molecule has 1 aromatic heterocycles. The van der Waals surface area contributed by atoms with Crippen molar-refractivity contribution in [2.45, 2.75) is 38.5 Å². The fourth-order valence-corrected chi connectivity index (χ4v) is 3.91. The number of hydrogen-bond acceptors (Lipinski definition) is 6. The van der Waals surface area contributed by atoms with Gasteiger partial charge in [-0.2, -0.15) is 0 Å². The van der Waals surface area contributed by atoms with Crippen molar-refractivity contribution in [1.82, 2.24) is 20.1 Å². The van der Waals surface area contributed by atoms with Gasteiger partial charge in [0.2, 0.25) is 5.91 Å². The Hall–Kier alpha value is -3.33. The first-order valence-electron chi connectivity index (χ1n) is 10.3. The molecule has 2 aromatic carbocycles. The fraction of sp³-hybridized carbons (Fsp3) is 0.304. The van der Waals surface area contributed by atoms with Gasteiger partial charge < -0.3 is 19.9 Å². The molecule has 32 heavy (non-hydrogen) atoms. The summed E-state index contributed by atoms with van der Waals surface area (Å²) < 4.78 is 7.08. The molecule has 1 heterocycles. The molecule has 2 N–H and O–H groups in total. The van der Waals surface area contributed by atoms with Gasteiger partial charge in [0, 0.05) is 23.9 Å². The molecule has 0 unspecified atom stereocenters. The Kier molecular flexibility index (Phi) is 7.88. The number of ether oxygens (including phenoxy) is 1. The molecule has 168 valence electrons. The minimum atomic E-state index is -0.337. The van der Waals surface area contributed by atoms with E-state index in [4.69, 9.17) is 4.74 Å². The first-order chi connectivity index (χ1) is 15.4. The first-order valence-corrected chi connectivity index (χ1v) is 11.3. The van der Waals surface area contributed by atoms with E-state index in [1.54, 1.807) is 31.4 Å². The van der Waals surface area contributed by atoms with E-state index in [-0.39, 0.29) is 23.6 Å². The number of benzene rings is 2. The highest BCUT2D eigenvalue weighted by molar-refractivity contribution is 7.99. The van der Waals surface area contributed by atoms with E-state index in [2.05, 4.69) is 20.8 Å². The van der Waals surface area contributed by atoms with Crippen molar-refractivity contribution in [3.63, 3.8) is 0 Å². The summed E-state index contributed by atoms with van der Waals surface area (Å²) in [6.07, 6.45) is 0. The fourth-order valence-electron chi connectivity index (χ4n) is 3.10. The molecule has 0 radical (unpaired) electrons. The molecule has 1 atom stereocenters. The van der Waals surface area contributed by atoms with E-state index in [1.165, 1.54) is 11.8 Å². The molecule has 8 nitrogen and oxygen atoms in total. The Morgan fingerprint density at radius 3 is 2.59 bits per heavy atom. The lowest BCUT2D eigenvalue weighted by Gasteiger charge is -2.15. The maximum atomic E-state index is 12.5. The van der Waals surface area contributed by atoms with Crippen molar-refractivity contribution in [2.24, 2.45) is 0 Å². The van der Waals surface area contributed by atoms with Gasteiger partial charge in [-0.25, -0.2) is 0 Å². The molecule has 9 heteroatoms. The number of carbonyl (C=O) groups is 2. The Balaban J connectivity index is 1.61. The summed E-state index contributed by atoms with van der Waals surface area (Å²) in [7, 11) is 1.58. The quantitative estimate of drug-likeness (QED) is 0.478. The topological polar surface area (TPSA) is 98.1 Å². The van der Waals surface area contributed by atoms with Gasteiger partial charge in [0.25, 0.3) is 5.91 Å². The van der Waals surface area contributed by atoms with Gasteiger partial charge in [-0.15, -0.1) is 10.2 Å². The summed E-state index contributed by atoms with van der Waals surface area (Å²) in [6.45, 7) is 6.44. The molecule has 0 aliphatic heterocycles. The van der Waals surface area contributed by atoms with Crippen LogP contribution in [0.5, 0.6) is 5.75 Å². The largest absolute Gasteiger partial charge is 0.497 e. The van der Waals surface area contributed by atoms with Gasteiger partial charge in [-0.3, -0.25) is 9.59 Å². The summed E-state index contributed by atoms with van der Waals surface area (Å²) in [6, 6.07) is 14.2. The number of aryl methyl sites for hydroxylation is 1. The average Bonchev–Trinajstić information content (AvgIpc) is 3.21. The molecule has 0 saturated heterocycles. The zero-order chi connectivity index (χ0) is 23.1. The minimum absolute atomic E-state index is 0.156. The average molecular weight is 454 g/mol. The van der Waals surface area contributed by atoms with Crippen LogP contribution in [0, 0.1) is 6.92 Å². The number of anilines is 1. The Bertz CT molecular complexity index is 1080. The van der Waals surface area contributed by atoms with Crippen molar-refractivity contribution in [1.29, 1.82) is 0 Å². The number of nitrogens with one attached hydrogen (secondary N) is 2. The van der Waals surface area contributed by atoms with Crippen LogP contribution in [-0.2, 0) is 11.3 Å². The summed E-state index contributed by atoms with van der Waals surface area (Å²) >= 11 is 1.30. The second-order valence-electron chi connectivity index (χ2n) is 7.22. The van der Waals surface area contributed by atoms with E-state index in [0.717, 1.165) is 5.56 Å². The van der Waals surface area contributed by atoms with Crippen LogP contribution in [0.25, 0.3) is 0 Å². The number of carbonyl (C=O) groups excluding carboxylic acids is 2. The monoisotopic (exact) mass is 453 g/mol. The van der Waals surface area contributed by atoms with Gasteiger partial charge in [-0.05, 0) is 45.0 Å². The van der Waals surface area contributed by atoms with E-state index < -0.39 is 0 Å². The second-order valence-corrected chi connectivity index (χ2v) is 8.16. The van der Waals surface area contributed by atoms with Gasteiger partial charge >= 0.3 is 0 Å². The highest BCUT2D eigenvalue weighted by Gasteiger charge is 2.20. The van der Waals surface area contributed by atoms with Crippen LogP contribution in [0.2, 0.25) is 0 Å². The van der Waals surface area contributed by atoms with Crippen LogP contribution < -0.4 is 15.4 Å². The predicted octanol–water partition coefficient (Wildman–Crippen LogP) is 3.84. The molecule has 0 aliphatic rings. The third-order valence-electron chi connectivity index (χ3n) is 4.80. The number of hydrogen-bond donors (Lipinski definition) is 2. The maximum Gasteiger partial charge on any atom is 0.251 e. The molecule has 0 aliphatic carbocycles. The van der Waals surface area contributed by atoms with Crippen molar-refractivity contribution in [3.8, 4) is 5.75 Å². The first kappa shape index (κ1) is 23.3. The van der Waals surface area contributed by atoms with Crippen LogP contribution in [0.15, 0.2) is 53.7 Å². The molecular weight excluding hydrogens is 426 g/mol. The van der Waals surface area contributed by atoms with E-state index in [0.29, 0.717) is 34.5 Å². The smallest absolute Gasteiger partial charge is 0.251 e. The molecule has 0 spiro atoms. The summed E-state index contributed by atoms with van der Waals surface area (Å²) in [5, 5.41) is 14.9. The summed E-state index contributed by atoms with van der Waals surface area (Å²) in [5.41, 5.74) is 2.35. The SMILES string of the molecule is CCn1c(SCC(=O)Nc2cccc(OC)c2)nnc1[C@@H](C)NC(=O)c1ccc(C)cc1. The van der Waals surface area contributed by atoms with Crippen LogP contribution in [-0.4, -0.2) is 39.4 Å². The van der Waals surface area contributed by atoms with Gasteiger partial charge in [-0.1, -0.05) is 35.5 Å². The predicted molar refractivity (Wildman–Crippen MR) is 125 cm³/mol. The number of aromatic nitrogens is 3. The van der Waals surface area contributed by atoms with E-state index in [1.807, 2.05) is 49.6 Å². The second kappa shape index (κ2) is 10.8. The lowest BCUT2D eigenvalue weighted by atomic mass is 10.1. The molecule has 0 saturated carbocycles. The molecular formula is C23H27N5O3S. The number of nitrogens with zero attached hydrogens (tertiary/aromatic N) is 3. The maximum absolute atomic E-state index is 12.5. The van der Waals surface area contributed by atoms with Crippen LogP contribution in [0.1, 0.15) is 41.6 Å². The zero-order valence-electron chi connectivity index (χ0n) is 18.6. The summed E-state index contributed by atoms with van der Waals surface area (Å²) in [4.78, 5) is 24.9. The lowest BCUT2D eigenvalue weighted by molar-refractivity contribution is -0.113. The minimum Gasteiger partial charge on any atom is -0.497 e. The number of methoxy groups -OCH3 is 1. The summed E-state index contributed by atoms with van der Waals surface area (Å²) in [5.74, 6) is 1.17. The molecule has 0 bridgehead atoms. The van der Waals surface area contributed by atoms with Crippen molar-refractivity contribution >= 4 is 29.3 Å². The van der Waals surface area contributed by atoms with Crippen molar-refractivity contribution in [2.75, 3.05) is 18.2 Å². The van der Waals surface area contributed by atoms with E-state index in [9.17, 15) is 9.59 Å². The van der Waals surface area contributed by atoms with Crippen LogP contribution >= 0.6 is 11.8 Å². The zero-order valence-corrected chi connectivity index (χ0v) is 19.4. The Labute approximate surface area is 191 Å². The third-order valence-corrected chi connectivity index (χ3v) is 5.76. The lowest BCUT2D eigenvalue weighted by Crippen LogP contribution is -2.28. The molecule has 2 amide bonds. The number of thioether (sulfide) groups is 1. The standard InChI is InChI=1S/C23H27N5O3S/c1-5-28-21(16(3)24-22(30)17-11-9-15(2)10-12-17)26-27-23(28)32-14-20(29)25-18-7-6-8-19(13-18)31-4/h6-13,16H,5,14H2,1-4H3,(H,24,30)(H,25,29)/t16-/m1/s1. The van der Waals surface area contributed by atoms with Crippen LogP contribution in [0.4, 0.5) is 5.69 Å². The highest BCUT2D eigenvalue weighted by atomic mass is 32.2. The Morgan fingerprint density at radius 1 is 1.16 bits per heavy atom. The Morgan fingerprint density at radius 2 is 1.91 bits per heavy atom. The normalized spacial score (nSPS) is 11.6. The molecule has 3 aromatic rings. The van der Waals surface area contributed by atoms with Gasteiger partial charge in [0.15, 0.2) is 11.0 Å².